The Balaban J connectivity index is 1.90. The fourth-order valence-corrected chi connectivity index (χ4v) is 2.57. The van der Waals surface area contributed by atoms with Gasteiger partial charge in [-0.3, -0.25) is 9.59 Å². The number of anilines is 1. The van der Waals surface area contributed by atoms with Gasteiger partial charge >= 0.3 is 0 Å². The van der Waals surface area contributed by atoms with Gasteiger partial charge in [0.25, 0.3) is 5.91 Å². The monoisotopic (exact) mass is 357 g/mol. The Morgan fingerprint density at radius 2 is 1.96 bits per heavy atom. The summed E-state index contributed by atoms with van der Waals surface area (Å²) in [6, 6.07) is 10.1. The van der Waals surface area contributed by atoms with Crippen molar-refractivity contribution in [1.82, 2.24) is 0 Å². The minimum atomic E-state index is -0.545. The number of carbonyl (C=O) groups is 1. The fraction of sp³-hybridized carbons (Fsp3) is 0.158. The summed E-state index contributed by atoms with van der Waals surface area (Å²) in [4.78, 5) is 25.0. The van der Waals surface area contributed by atoms with Gasteiger partial charge in [0.2, 0.25) is 5.43 Å². The van der Waals surface area contributed by atoms with Gasteiger partial charge in [0, 0.05) is 10.7 Å². The Morgan fingerprint density at radius 3 is 2.64 bits per heavy atom. The van der Waals surface area contributed by atoms with Crippen molar-refractivity contribution in [1.29, 1.82) is 0 Å². The number of amides is 1. The molecule has 0 aliphatic rings. The summed E-state index contributed by atoms with van der Waals surface area (Å²) in [6.45, 7) is 4.27. The highest BCUT2D eigenvalue weighted by molar-refractivity contribution is 6.32. The van der Waals surface area contributed by atoms with Gasteiger partial charge in [-0.2, -0.15) is 0 Å². The summed E-state index contributed by atoms with van der Waals surface area (Å²) in [5.41, 5.74) is 1.23. The van der Waals surface area contributed by atoms with E-state index in [9.17, 15) is 9.59 Å². The normalized spacial score (nSPS) is 10.7. The molecule has 0 saturated heterocycles. The molecule has 2 aromatic carbocycles. The number of hydrogen-bond acceptors (Lipinski definition) is 4. The number of benzene rings is 2. The minimum Gasteiger partial charge on any atom is -0.494 e. The molecule has 0 aliphatic carbocycles. The minimum absolute atomic E-state index is 0.0821. The summed E-state index contributed by atoms with van der Waals surface area (Å²) in [5.74, 6) is 0.159. The number of ether oxygens (including phenoxy) is 1. The molecule has 3 rings (SSSR count). The number of nitrogens with one attached hydrogen (secondary N) is 1. The molecule has 0 atom stereocenters. The molecule has 25 heavy (non-hydrogen) atoms. The second-order valence-corrected chi connectivity index (χ2v) is 5.89. The van der Waals surface area contributed by atoms with Crippen LogP contribution >= 0.6 is 11.6 Å². The SMILES string of the molecule is CCOc1ccc(NC(=O)c2coc3cc(C)c(Cl)cc3c2=O)cc1. The lowest BCUT2D eigenvalue weighted by molar-refractivity contribution is 0.102. The molecule has 0 saturated carbocycles. The highest BCUT2D eigenvalue weighted by atomic mass is 35.5. The smallest absolute Gasteiger partial charge is 0.262 e. The average Bonchev–Trinajstić information content (AvgIpc) is 2.59. The first-order valence-electron chi connectivity index (χ1n) is 7.75. The van der Waals surface area contributed by atoms with Crippen LogP contribution in [-0.2, 0) is 0 Å². The zero-order chi connectivity index (χ0) is 18.0. The molecular formula is C19H16ClNO4. The Kier molecular flexibility index (Phi) is 4.76. The number of hydrogen-bond donors (Lipinski definition) is 1. The molecule has 0 aliphatic heterocycles. The van der Waals surface area contributed by atoms with E-state index in [1.165, 1.54) is 12.3 Å². The summed E-state index contributed by atoms with van der Waals surface area (Å²) >= 11 is 6.07. The molecule has 1 N–H and O–H groups in total. The van der Waals surface area contributed by atoms with Gasteiger partial charge in [0.15, 0.2) is 0 Å². The number of carbonyl (C=O) groups excluding carboxylic acids is 1. The highest BCUT2D eigenvalue weighted by Gasteiger charge is 2.15. The second kappa shape index (κ2) is 6.99. The van der Waals surface area contributed by atoms with Crippen molar-refractivity contribution < 1.29 is 13.9 Å². The van der Waals surface area contributed by atoms with Crippen LogP contribution in [0.2, 0.25) is 5.02 Å². The molecule has 0 bridgehead atoms. The van der Waals surface area contributed by atoms with Crippen LogP contribution in [0.3, 0.4) is 0 Å². The molecule has 1 amide bonds. The second-order valence-electron chi connectivity index (χ2n) is 5.49. The third-order valence-electron chi connectivity index (χ3n) is 3.72. The lowest BCUT2D eigenvalue weighted by atomic mass is 10.1. The van der Waals surface area contributed by atoms with Crippen LogP contribution < -0.4 is 15.5 Å². The van der Waals surface area contributed by atoms with Crippen LogP contribution in [0.1, 0.15) is 22.8 Å². The van der Waals surface area contributed by atoms with Crippen LogP contribution in [0.4, 0.5) is 5.69 Å². The van der Waals surface area contributed by atoms with E-state index < -0.39 is 11.3 Å². The number of fused-ring (bicyclic) bond motifs is 1. The highest BCUT2D eigenvalue weighted by Crippen LogP contribution is 2.22. The van der Waals surface area contributed by atoms with Gasteiger partial charge < -0.3 is 14.5 Å². The molecule has 0 unspecified atom stereocenters. The molecule has 0 fully saturated rings. The van der Waals surface area contributed by atoms with Crippen LogP contribution in [0.5, 0.6) is 5.75 Å². The van der Waals surface area contributed by atoms with Crippen molar-refractivity contribution in [2.45, 2.75) is 13.8 Å². The lowest BCUT2D eigenvalue weighted by Gasteiger charge is -2.07. The first-order valence-corrected chi connectivity index (χ1v) is 8.13. The van der Waals surface area contributed by atoms with Crippen molar-refractivity contribution in [2.24, 2.45) is 0 Å². The Labute approximate surface area is 149 Å². The molecule has 5 nitrogen and oxygen atoms in total. The van der Waals surface area contributed by atoms with Crippen LogP contribution in [-0.4, -0.2) is 12.5 Å². The zero-order valence-corrected chi connectivity index (χ0v) is 14.5. The Hall–Kier alpha value is -2.79. The number of aryl methyl sites for hydroxylation is 1. The molecule has 0 spiro atoms. The predicted molar refractivity (Wildman–Crippen MR) is 97.8 cm³/mol. The molecule has 0 radical (unpaired) electrons. The van der Waals surface area contributed by atoms with E-state index in [1.54, 1.807) is 30.3 Å². The average molecular weight is 358 g/mol. The van der Waals surface area contributed by atoms with Crippen molar-refractivity contribution in [2.75, 3.05) is 11.9 Å². The molecule has 6 heteroatoms. The molecule has 3 aromatic rings. The summed E-state index contributed by atoms with van der Waals surface area (Å²) in [7, 11) is 0. The number of halogens is 1. The molecule has 1 heterocycles. The molecule has 1 aromatic heterocycles. The fourth-order valence-electron chi connectivity index (χ4n) is 2.41. The van der Waals surface area contributed by atoms with Gasteiger partial charge in [-0.15, -0.1) is 0 Å². The van der Waals surface area contributed by atoms with Crippen LogP contribution in [0.25, 0.3) is 11.0 Å². The van der Waals surface area contributed by atoms with Crippen molar-refractivity contribution in [3.05, 3.63) is 69.0 Å². The van der Waals surface area contributed by atoms with E-state index in [4.69, 9.17) is 20.8 Å². The van der Waals surface area contributed by atoms with E-state index >= 15 is 0 Å². The van der Waals surface area contributed by atoms with E-state index in [1.807, 2.05) is 13.8 Å². The van der Waals surface area contributed by atoms with E-state index in [0.29, 0.717) is 28.6 Å². The van der Waals surface area contributed by atoms with Crippen LogP contribution in [0, 0.1) is 6.92 Å². The maximum absolute atomic E-state index is 12.6. The van der Waals surface area contributed by atoms with Crippen LogP contribution in [0.15, 0.2) is 51.9 Å². The quantitative estimate of drug-likeness (QED) is 0.751. The topological polar surface area (TPSA) is 68.5 Å². The van der Waals surface area contributed by atoms with E-state index in [2.05, 4.69) is 5.32 Å². The Bertz CT molecular complexity index is 993. The van der Waals surface area contributed by atoms with Crippen molar-refractivity contribution in [3.8, 4) is 5.75 Å². The first kappa shape index (κ1) is 17.0. The van der Waals surface area contributed by atoms with Gasteiger partial charge in [-0.25, -0.2) is 0 Å². The van der Waals surface area contributed by atoms with Crippen molar-refractivity contribution >= 4 is 34.2 Å². The van der Waals surface area contributed by atoms with Gasteiger partial charge in [0.05, 0.1) is 12.0 Å². The van der Waals surface area contributed by atoms with Gasteiger partial charge in [-0.1, -0.05) is 11.6 Å². The molecular weight excluding hydrogens is 342 g/mol. The summed E-state index contributed by atoms with van der Waals surface area (Å²) < 4.78 is 10.8. The van der Waals surface area contributed by atoms with E-state index in [0.717, 1.165) is 5.56 Å². The number of rotatable bonds is 4. The third-order valence-corrected chi connectivity index (χ3v) is 4.13. The molecule has 128 valence electrons. The van der Waals surface area contributed by atoms with Gasteiger partial charge in [-0.05, 0) is 55.8 Å². The lowest BCUT2D eigenvalue weighted by Crippen LogP contribution is -2.21. The largest absolute Gasteiger partial charge is 0.494 e. The van der Waals surface area contributed by atoms with E-state index in [-0.39, 0.29) is 10.9 Å². The summed E-state index contributed by atoms with van der Waals surface area (Å²) in [6.07, 6.45) is 1.17. The first-order chi connectivity index (χ1) is 12.0. The van der Waals surface area contributed by atoms with Crippen molar-refractivity contribution in [3.63, 3.8) is 0 Å². The maximum atomic E-state index is 12.6. The maximum Gasteiger partial charge on any atom is 0.262 e. The zero-order valence-electron chi connectivity index (χ0n) is 13.8. The third kappa shape index (κ3) is 3.51. The predicted octanol–water partition coefficient (Wildman–Crippen LogP) is 4.41. The standard InChI is InChI=1S/C19H16ClNO4/c1-3-24-13-6-4-12(5-7-13)21-19(23)15-10-25-17-8-11(2)16(20)9-14(17)18(15)22/h4-10H,3H2,1-2H3,(H,21,23). The Morgan fingerprint density at radius 1 is 1.24 bits per heavy atom. The van der Waals surface area contributed by atoms with Gasteiger partial charge in [0.1, 0.15) is 23.2 Å². The summed E-state index contributed by atoms with van der Waals surface area (Å²) in [5, 5.41) is 3.39.